The molecule has 1 rings (SSSR count). The minimum atomic E-state index is -0.698. The highest BCUT2D eigenvalue weighted by Crippen LogP contribution is 2.11. The Morgan fingerprint density at radius 3 is 2.94 bits per heavy atom. The molecule has 0 saturated heterocycles. The molecule has 0 bridgehead atoms. The van der Waals surface area contributed by atoms with Crippen LogP contribution in [0.1, 0.15) is 6.92 Å². The summed E-state index contributed by atoms with van der Waals surface area (Å²) in [5.41, 5.74) is 0. The van der Waals surface area contributed by atoms with Crippen molar-refractivity contribution in [1.82, 2.24) is 14.8 Å². The Labute approximate surface area is 105 Å². The second kappa shape index (κ2) is 6.09. The Balaban J connectivity index is 2.63. The first-order valence-corrected chi connectivity index (χ1v) is 5.42. The van der Waals surface area contributed by atoms with Crippen LogP contribution in [0.2, 0.25) is 0 Å². The van der Waals surface area contributed by atoms with Crippen molar-refractivity contribution in [2.75, 3.05) is 6.61 Å². The van der Waals surface area contributed by atoms with Gasteiger partial charge in [-0.1, -0.05) is 6.08 Å². The van der Waals surface area contributed by atoms with E-state index in [0.29, 0.717) is 6.61 Å². The molecule has 0 aliphatic heterocycles. The third-order valence-corrected chi connectivity index (χ3v) is 2.18. The first-order chi connectivity index (χ1) is 8.04. The van der Waals surface area contributed by atoms with Gasteiger partial charge in [0, 0.05) is 27.1 Å². The van der Waals surface area contributed by atoms with Crippen molar-refractivity contribution in [2.24, 2.45) is 0 Å². The van der Waals surface area contributed by atoms with Crippen LogP contribution in [-0.4, -0.2) is 32.3 Å². The molecule has 1 aromatic heterocycles. The molecule has 0 saturated carbocycles. The van der Waals surface area contributed by atoms with Gasteiger partial charge in [0.1, 0.15) is 0 Å². The van der Waals surface area contributed by atoms with Crippen LogP contribution in [0.4, 0.5) is 5.95 Å². The van der Waals surface area contributed by atoms with Gasteiger partial charge in [0.05, 0.1) is 13.2 Å². The van der Waals surface area contributed by atoms with Crippen molar-refractivity contribution in [3.05, 3.63) is 27.0 Å². The first kappa shape index (κ1) is 13.3. The fourth-order valence-corrected chi connectivity index (χ4v) is 1.33. The lowest BCUT2D eigenvalue weighted by Crippen LogP contribution is -2.02. The highest BCUT2D eigenvalue weighted by atomic mass is 79.9. The molecular weight excluding hydrogens is 296 g/mol. The van der Waals surface area contributed by atoms with Gasteiger partial charge in [0.2, 0.25) is 0 Å². The fraction of sp³-hybridized carbons (Fsp3) is 0.375. The van der Waals surface area contributed by atoms with Gasteiger partial charge >= 0.3 is 11.9 Å². The van der Waals surface area contributed by atoms with Crippen LogP contribution in [0, 0.1) is 10.1 Å². The molecule has 0 fully saturated rings. The third kappa shape index (κ3) is 3.94. The van der Waals surface area contributed by atoms with E-state index >= 15 is 0 Å². The number of esters is 1. The smallest absolute Gasteiger partial charge is 0.463 e. The number of hydrogen-bond acceptors (Lipinski definition) is 6. The zero-order chi connectivity index (χ0) is 12.8. The molecule has 0 atom stereocenters. The van der Waals surface area contributed by atoms with E-state index < -0.39 is 16.8 Å². The van der Waals surface area contributed by atoms with Gasteiger partial charge < -0.3 is 14.9 Å². The number of carbonyl (C=O) groups excluding carboxylic acids is 1. The average molecular weight is 305 g/mol. The van der Waals surface area contributed by atoms with Crippen LogP contribution in [0.15, 0.2) is 16.9 Å². The summed E-state index contributed by atoms with van der Waals surface area (Å²) in [5, 5.41) is 14.0. The topological polar surface area (TPSA) is 100 Å². The van der Waals surface area contributed by atoms with Crippen LogP contribution in [0.25, 0.3) is 0 Å². The summed E-state index contributed by atoms with van der Waals surface area (Å²) < 4.78 is 6.13. The monoisotopic (exact) mass is 304 g/mol. The molecule has 0 aliphatic carbocycles. The number of ether oxygens (including phenoxy) is 1. The summed E-state index contributed by atoms with van der Waals surface area (Å²) in [5.74, 6) is -0.973. The molecular formula is C8H9BrN4O4. The zero-order valence-electron chi connectivity index (χ0n) is 8.87. The van der Waals surface area contributed by atoms with E-state index in [1.54, 1.807) is 6.92 Å². The maximum Gasteiger partial charge on any atom is 0.492 e. The number of carbonyl (C=O) groups is 1. The third-order valence-electron chi connectivity index (χ3n) is 1.60. The molecule has 8 nitrogen and oxygen atoms in total. The van der Waals surface area contributed by atoms with Gasteiger partial charge in [0.15, 0.2) is 0 Å². The number of nitrogens with zero attached hydrogens (tertiary/aromatic N) is 4. The Morgan fingerprint density at radius 1 is 1.71 bits per heavy atom. The van der Waals surface area contributed by atoms with Crippen LogP contribution in [0.3, 0.4) is 0 Å². The largest absolute Gasteiger partial charge is 0.492 e. The summed E-state index contributed by atoms with van der Waals surface area (Å²) in [6.45, 7) is 2.17. The number of allylic oxidation sites excluding steroid dienone is 1. The standard InChI is InChI=1S/C8H9BrN4O4/c1-2-17-6(14)4-3-5-12-7(9)10-8(11-12)13(15)16/h3-4H,2,5H2,1H3/b4-3+. The van der Waals surface area contributed by atoms with E-state index in [4.69, 9.17) is 0 Å². The lowest BCUT2D eigenvalue weighted by molar-refractivity contribution is -0.394. The van der Waals surface area contributed by atoms with E-state index in [9.17, 15) is 14.9 Å². The molecule has 0 unspecified atom stereocenters. The predicted octanol–water partition coefficient (Wildman–Crippen LogP) is 1.07. The van der Waals surface area contributed by atoms with Gasteiger partial charge in [-0.3, -0.25) is 0 Å². The van der Waals surface area contributed by atoms with E-state index in [0.717, 1.165) is 0 Å². The van der Waals surface area contributed by atoms with Crippen molar-refractivity contribution in [3.8, 4) is 0 Å². The molecule has 0 N–H and O–H groups in total. The summed E-state index contributed by atoms with van der Waals surface area (Å²) >= 11 is 3.02. The van der Waals surface area contributed by atoms with Crippen LogP contribution in [0.5, 0.6) is 0 Å². The molecule has 0 aliphatic rings. The minimum absolute atomic E-state index is 0.181. The van der Waals surface area contributed by atoms with Gasteiger partial charge in [0.25, 0.3) is 4.73 Å². The molecule has 92 valence electrons. The molecule has 0 amide bonds. The van der Waals surface area contributed by atoms with Crippen molar-refractivity contribution in [3.63, 3.8) is 0 Å². The summed E-state index contributed by atoms with van der Waals surface area (Å²) in [7, 11) is 0. The molecule has 1 heterocycles. The average Bonchev–Trinajstić information content (AvgIpc) is 2.61. The normalized spacial score (nSPS) is 10.7. The number of rotatable bonds is 5. The zero-order valence-corrected chi connectivity index (χ0v) is 10.5. The molecule has 0 radical (unpaired) electrons. The summed E-state index contributed by atoms with van der Waals surface area (Å²) in [6, 6.07) is 0. The van der Waals surface area contributed by atoms with Crippen LogP contribution >= 0.6 is 15.9 Å². The quantitative estimate of drug-likeness (QED) is 0.349. The van der Waals surface area contributed by atoms with Crippen LogP contribution in [-0.2, 0) is 16.1 Å². The Hall–Kier alpha value is -1.77. The Morgan fingerprint density at radius 2 is 2.41 bits per heavy atom. The van der Waals surface area contributed by atoms with E-state index in [-0.39, 0.29) is 11.3 Å². The predicted molar refractivity (Wildman–Crippen MR) is 60.1 cm³/mol. The maximum atomic E-state index is 11.0. The van der Waals surface area contributed by atoms with E-state index in [1.807, 2.05) is 0 Å². The number of halogens is 1. The second-order valence-corrected chi connectivity index (χ2v) is 3.48. The molecule has 1 aromatic rings. The summed E-state index contributed by atoms with van der Waals surface area (Å²) in [4.78, 5) is 24.2. The molecule has 0 aromatic carbocycles. The molecule has 0 spiro atoms. The van der Waals surface area contributed by atoms with Gasteiger partial charge in [-0.25, -0.2) is 4.79 Å². The second-order valence-electron chi connectivity index (χ2n) is 2.77. The van der Waals surface area contributed by atoms with Crippen molar-refractivity contribution in [2.45, 2.75) is 13.5 Å². The van der Waals surface area contributed by atoms with Crippen molar-refractivity contribution in [1.29, 1.82) is 0 Å². The number of hydrogen-bond donors (Lipinski definition) is 0. The SMILES string of the molecule is CCOC(=O)/C=C/Cn1nc([N+](=O)[O-])nc1Br. The van der Waals surface area contributed by atoms with Crippen LogP contribution < -0.4 is 0 Å². The van der Waals surface area contributed by atoms with Gasteiger partial charge in [-0.05, 0) is 16.8 Å². The lowest BCUT2D eigenvalue weighted by Gasteiger charge is -1.94. The first-order valence-electron chi connectivity index (χ1n) is 4.62. The maximum absolute atomic E-state index is 11.0. The fourth-order valence-electron chi connectivity index (χ4n) is 0.944. The highest BCUT2D eigenvalue weighted by molar-refractivity contribution is 9.10. The van der Waals surface area contributed by atoms with Crippen molar-refractivity contribution < 1.29 is 14.5 Å². The number of aromatic nitrogens is 3. The van der Waals surface area contributed by atoms with E-state index in [2.05, 4.69) is 30.7 Å². The summed E-state index contributed by atoms with van der Waals surface area (Å²) in [6.07, 6.45) is 2.70. The van der Waals surface area contributed by atoms with Gasteiger partial charge in [-0.15, -0.1) is 0 Å². The Kier molecular flexibility index (Phi) is 4.76. The molecule has 9 heteroatoms. The van der Waals surface area contributed by atoms with Crippen molar-refractivity contribution >= 4 is 27.8 Å². The minimum Gasteiger partial charge on any atom is -0.463 e. The van der Waals surface area contributed by atoms with Gasteiger partial charge in [-0.2, -0.15) is 4.68 Å². The molecule has 17 heavy (non-hydrogen) atoms. The van der Waals surface area contributed by atoms with E-state index in [1.165, 1.54) is 16.8 Å². The Bertz CT molecular complexity index is 456. The highest BCUT2D eigenvalue weighted by Gasteiger charge is 2.18. The lowest BCUT2D eigenvalue weighted by atomic mass is 10.5. The number of nitro groups is 1.